The molecule has 0 spiro atoms. The molecule has 0 unspecified atom stereocenters. The zero-order valence-corrected chi connectivity index (χ0v) is 15.2. The maximum Gasteiger partial charge on any atom is 0.228 e. The summed E-state index contributed by atoms with van der Waals surface area (Å²) in [6.45, 7) is 0. The maximum absolute atomic E-state index is 12.3. The molecule has 2 aromatic heterocycles. The van der Waals surface area contributed by atoms with Crippen LogP contribution in [0.15, 0.2) is 75.9 Å². The van der Waals surface area contributed by atoms with Crippen molar-refractivity contribution in [1.29, 1.82) is 0 Å². The number of nitrogens with one attached hydrogen (secondary N) is 1. The second kappa shape index (κ2) is 7.09. The van der Waals surface area contributed by atoms with Crippen molar-refractivity contribution in [3.8, 4) is 11.5 Å². The minimum Gasteiger partial charge on any atom is -0.436 e. The number of carbonyl (C=O) groups is 1. The number of rotatable bonds is 4. The fourth-order valence-corrected chi connectivity index (χ4v) is 2.88. The van der Waals surface area contributed by atoms with Gasteiger partial charge in [-0.1, -0.05) is 28.1 Å². The van der Waals surface area contributed by atoms with Crippen molar-refractivity contribution in [2.24, 2.45) is 0 Å². The predicted octanol–water partition coefficient (Wildman–Crippen LogP) is 4.83. The van der Waals surface area contributed by atoms with E-state index >= 15 is 0 Å². The van der Waals surface area contributed by atoms with Crippen LogP contribution in [0.5, 0.6) is 0 Å². The molecule has 0 saturated carbocycles. The lowest BCUT2D eigenvalue weighted by Crippen LogP contribution is -2.14. The van der Waals surface area contributed by atoms with Gasteiger partial charge in [0.25, 0.3) is 0 Å². The number of hydrogen-bond acceptors (Lipinski definition) is 4. The fraction of sp³-hybridized carbons (Fsp3) is 0.0500. The van der Waals surface area contributed by atoms with Gasteiger partial charge in [0.05, 0.1) is 6.42 Å². The molecule has 5 nitrogen and oxygen atoms in total. The highest BCUT2D eigenvalue weighted by Gasteiger charge is 2.10. The largest absolute Gasteiger partial charge is 0.436 e. The van der Waals surface area contributed by atoms with Gasteiger partial charge in [0.15, 0.2) is 5.58 Å². The second-order valence-corrected chi connectivity index (χ2v) is 6.70. The Labute approximate surface area is 158 Å². The molecule has 6 heteroatoms. The van der Waals surface area contributed by atoms with Crippen LogP contribution in [-0.4, -0.2) is 15.9 Å². The average Bonchev–Trinajstić information content (AvgIpc) is 3.08. The summed E-state index contributed by atoms with van der Waals surface area (Å²) in [6, 6.07) is 16.8. The number of halogens is 1. The van der Waals surface area contributed by atoms with Crippen molar-refractivity contribution in [1.82, 2.24) is 9.97 Å². The molecule has 0 saturated heterocycles. The molecule has 0 fully saturated rings. The summed E-state index contributed by atoms with van der Waals surface area (Å²) in [5.74, 6) is 0.446. The third-order valence-electron chi connectivity index (χ3n) is 3.88. The summed E-state index contributed by atoms with van der Waals surface area (Å²) in [4.78, 5) is 20.7. The number of pyridine rings is 1. The van der Waals surface area contributed by atoms with Crippen LogP contribution in [0.3, 0.4) is 0 Å². The van der Waals surface area contributed by atoms with Gasteiger partial charge in [0.1, 0.15) is 5.52 Å². The fourth-order valence-electron chi connectivity index (χ4n) is 2.61. The van der Waals surface area contributed by atoms with Crippen LogP contribution in [0.2, 0.25) is 0 Å². The van der Waals surface area contributed by atoms with Crippen molar-refractivity contribution in [2.75, 3.05) is 5.32 Å². The zero-order chi connectivity index (χ0) is 17.9. The maximum atomic E-state index is 12.3. The number of aromatic nitrogens is 2. The molecule has 0 atom stereocenters. The molecular formula is C20H14BrN3O2. The van der Waals surface area contributed by atoms with Crippen LogP contribution >= 0.6 is 15.9 Å². The van der Waals surface area contributed by atoms with E-state index in [0.717, 1.165) is 21.1 Å². The van der Waals surface area contributed by atoms with Crippen LogP contribution in [0.1, 0.15) is 5.56 Å². The lowest BCUT2D eigenvalue weighted by atomic mass is 10.1. The minimum atomic E-state index is -0.0828. The van der Waals surface area contributed by atoms with Gasteiger partial charge in [0, 0.05) is 34.2 Å². The SMILES string of the molecule is O=C(Cc1ccc(Br)cc1)Nc1ccc2nc(-c3ccncc3)oc2c1. The first kappa shape index (κ1) is 16.5. The lowest BCUT2D eigenvalue weighted by Gasteiger charge is -2.05. The van der Waals surface area contributed by atoms with Crippen molar-refractivity contribution >= 4 is 38.6 Å². The number of benzene rings is 2. The number of carbonyl (C=O) groups excluding carboxylic acids is 1. The van der Waals surface area contributed by atoms with Crippen LogP contribution in [-0.2, 0) is 11.2 Å². The molecule has 4 rings (SSSR count). The van der Waals surface area contributed by atoms with E-state index in [0.29, 0.717) is 23.6 Å². The summed E-state index contributed by atoms with van der Waals surface area (Å²) < 4.78 is 6.80. The highest BCUT2D eigenvalue weighted by molar-refractivity contribution is 9.10. The van der Waals surface area contributed by atoms with E-state index in [-0.39, 0.29) is 5.91 Å². The third kappa shape index (κ3) is 3.65. The van der Waals surface area contributed by atoms with Crippen LogP contribution in [0.4, 0.5) is 5.69 Å². The van der Waals surface area contributed by atoms with Gasteiger partial charge < -0.3 is 9.73 Å². The Morgan fingerprint density at radius 2 is 1.81 bits per heavy atom. The van der Waals surface area contributed by atoms with E-state index in [2.05, 4.69) is 31.2 Å². The van der Waals surface area contributed by atoms with Gasteiger partial charge >= 0.3 is 0 Å². The number of oxazole rings is 1. The topological polar surface area (TPSA) is 68.0 Å². The molecule has 4 aromatic rings. The highest BCUT2D eigenvalue weighted by atomic mass is 79.9. The highest BCUT2D eigenvalue weighted by Crippen LogP contribution is 2.26. The van der Waals surface area contributed by atoms with Crippen molar-refractivity contribution < 1.29 is 9.21 Å². The number of nitrogens with zero attached hydrogens (tertiary/aromatic N) is 2. The molecule has 26 heavy (non-hydrogen) atoms. The molecular weight excluding hydrogens is 394 g/mol. The molecule has 0 bridgehead atoms. The number of fused-ring (bicyclic) bond motifs is 1. The lowest BCUT2D eigenvalue weighted by molar-refractivity contribution is -0.115. The van der Waals surface area contributed by atoms with Gasteiger partial charge in [0.2, 0.25) is 11.8 Å². The Balaban J connectivity index is 1.52. The monoisotopic (exact) mass is 407 g/mol. The van der Waals surface area contributed by atoms with Crippen LogP contribution in [0.25, 0.3) is 22.6 Å². The summed E-state index contributed by atoms with van der Waals surface area (Å²) in [5.41, 5.74) is 3.85. The predicted molar refractivity (Wildman–Crippen MR) is 104 cm³/mol. The van der Waals surface area contributed by atoms with Crippen LogP contribution in [0, 0.1) is 0 Å². The van der Waals surface area contributed by atoms with E-state index in [1.807, 2.05) is 48.5 Å². The number of amides is 1. The molecule has 0 aliphatic rings. The molecule has 1 N–H and O–H groups in total. The average molecular weight is 408 g/mol. The molecule has 0 radical (unpaired) electrons. The van der Waals surface area contributed by atoms with Gasteiger partial charge in [-0.3, -0.25) is 9.78 Å². The number of hydrogen-bond donors (Lipinski definition) is 1. The third-order valence-corrected chi connectivity index (χ3v) is 4.41. The van der Waals surface area contributed by atoms with E-state index in [9.17, 15) is 4.79 Å². The van der Waals surface area contributed by atoms with E-state index in [4.69, 9.17) is 4.42 Å². The first-order chi connectivity index (χ1) is 12.7. The molecule has 0 aliphatic carbocycles. The van der Waals surface area contributed by atoms with Gasteiger partial charge in [-0.2, -0.15) is 0 Å². The normalized spacial score (nSPS) is 10.8. The first-order valence-corrected chi connectivity index (χ1v) is 8.82. The van der Waals surface area contributed by atoms with Crippen molar-refractivity contribution in [2.45, 2.75) is 6.42 Å². The summed E-state index contributed by atoms with van der Waals surface area (Å²) in [7, 11) is 0. The Morgan fingerprint density at radius 3 is 2.58 bits per heavy atom. The zero-order valence-electron chi connectivity index (χ0n) is 13.6. The van der Waals surface area contributed by atoms with E-state index in [1.54, 1.807) is 18.5 Å². The van der Waals surface area contributed by atoms with E-state index < -0.39 is 0 Å². The molecule has 128 valence electrons. The van der Waals surface area contributed by atoms with Crippen molar-refractivity contribution in [3.05, 3.63) is 77.0 Å². The van der Waals surface area contributed by atoms with Gasteiger partial charge in [-0.25, -0.2) is 4.98 Å². The molecule has 2 heterocycles. The molecule has 1 amide bonds. The Bertz CT molecular complexity index is 1060. The molecule has 0 aliphatic heterocycles. The summed E-state index contributed by atoms with van der Waals surface area (Å²) in [5, 5.41) is 2.90. The van der Waals surface area contributed by atoms with Gasteiger partial charge in [-0.05, 0) is 42.0 Å². The minimum absolute atomic E-state index is 0.0828. The number of anilines is 1. The Hall–Kier alpha value is -2.99. The van der Waals surface area contributed by atoms with Crippen molar-refractivity contribution in [3.63, 3.8) is 0 Å². The Kier molecular flexibility index (Phi) is 4.50. The van der Waals surface area contributed by atoms with Crippen LogP contribution < -0.4 is 5.32 Å². The second-order valence-electron chi connectivity index (χ2n) is 5.79. The smallest absolute Gasteiger partial charge is 0.228 e. The molecule has 2 aromatic carbocycles. The summed E-state index contributed by atoms with van der Waals surface area (Å²) in [6.07, 6.45) is 3.69. The first-order valence-electron chi connectivity index (χ1n) is 8.03. The Morgan fingerprint density at radius 1 is 1.04 bits per heavy atom. The van der Waals surface area contributed by atoms with Gasteiger partial charge in [-0.15, -0.1) is 0 Å². The summed E-state index contributed by atoms with van der Waals surface area (Å²) >= 11 is 3.39. The van der Waals surface area contributed by atoms with E-state index in [1.165, 1.54) is 0 Å². The quantitative estimate of drug-likeness (QED) is 0.525. The standard InChI is InChI=1S/C20H14BrN3O2/c21-15-3-1-13(2-4-15)11-19(25)23-16-5-6-17-18(12-16)26-20(24-17)14-7-9-22-10-8-14/h1-10,12H,11H2,(H,23,25).